The van der Waals surface area contributed by atoms with Crippen molar-refractivity contribution in [2.24, 2.45) is 0 Å². The van der Waals surface area contributed by atoms with Crippen LogP contribution in [0, 0.1) is 21.4 Å². The molecule has 1 aliphatic rings. The molecule has 0 spiro atoms. The van der Waals surface area contributed by atoms with Gasteiger partial charge in [-0.15, -0.1) is 11.8 Å². The summed E-state index contributed by atoms with van der Waals surface area (Å²) in [5.74, 6) is 0.956. The molecule has 94 valence electrons. The van der Waals surface area contributed by atoms with Gasteiger partial charge in [0.2, 0.25) is 0 Å². The summed E-state index contributed by atoms with van der Waals surface area (Å²) in [5.41, 5.74) is 0.727. The van der Waals surface area contributed by atoms with E-state index >= 15 is 0 Å². The molecule has 0 N–H and O–H groups in total. The summed E-state index contributed by atoms with van der Waals surface area (Å²) in [6.45, 7) is 0. The SMILES string of the molecule is N#CC1(Cc2ccc(Br)cc2[N+](=O)[O-])CCCS1. The van der Waals surface area contributed by atoms with Gasteiger partial charge in [-0.2, -0.15) is 5.26 Å². The number of nitrogens with zero attached hydrogens (tertiary/aromatic N) is 2. The molecule has 4 nitrogen and oxygen atoms in total. The third-order valence-corrected chi connectivity index (χ3v) is 5.01. The first-order valence-corrected chi connectivity index (χ1v) is 7.32. The van der Waals surface area contributed by atoms with E-state index in [-0.39, 0.29) is 10.6 Å². The molecule has 1 unspecified atom stereocenters. The Morgan fingerprint density at radius 2 is 2.39 bits per heavy atom. The summed E-state index contributed by atoms with van der Waals surface area (Å²) < 4.78 is 0.196. The van der Waals surface area contributed by atoms with E-state index in [4.69, 9.17) is 0 Å². The molecule has 0 radical (unpaired) electrons. The van der Waals surface area contributed by atoms with Gasteiger partial charge in [0, 0.05) is 22.5 Å². The molecule has 1 fully saturated rings. The number of thioether (sulfide) groups is 1. The van der Waals surface area contributed by atoms with Crippen molar-refractivity contribution in [3.63, 3.8) is 0 Å². The van der Waals surface area contributed by atoms with E-state index in [2.05, 4.69) is 22.0 Å². The average Bonchev–Trinajstić information content (AvgIpc) is 2.80. The highest BCUT2D eigenvalue weighted by Crippen LogP contribution is 2.41. The molecule has 1 atom stereocenters. The Bertz CT molecular complexity index is 521. The van der Waals surface area contributed by atoms with Crippen molar-refractivity contribution >= 4 is 33.4 Å². The van der Waals surface area contributed by atoms with Gasteiger partial charge in [-0.05, 0) is 24.7 Å². The summed E-state index contributed by atoms with van der Waals surface area (Å²) in [4.78, 5) is 10.7. The zero-order valence-corrected chi connectivity index (χ0v) is 12.0. The van der Waals surface area contributed by atoms with Gasteiger partial charge in [0.05, 0.1) is 11.0 Å². The fourth-order valence-corrected chi connectivity index (χ4v) is 3.77. The van der Waals surface area contributed by atoms with Gasteiger partial charge in [-0.3, -0.25) is 10.1 Å². The maximum atomic E-state index is 11.0. The largest absolute Gasteiger partial charge is 0.273 e. The Morgan fingerprint density at radius 3 is 2.94 bits per heavy atom. The van der Waals surface area contributed by atoms with Crippen molar-refractivity contribution in [2.45, 2.75) is 24.0 Å². The summed E-state index contributed by atoms with van der Waals surface area (Å²) in [5, 5.41) is 20.3. The average molecular weight is 327 g/mol. The summed E-state index contributed by atoms with van der Waals surface area (Å²) in [7, 11) is 0. The number of hydrogen-bond donors (Lipinski definition) is 0. The highest BCUT2D eigenvalue weighted by molar-refractivity contribution is 9.10. The Kier molecular flexibility index (Phi) is 3.93. The lowest BCUT2D eigenvalue weighted by atomic mass is 9.95. The molecule has 18 heavy (non-hydrogen) atoms. The lowest BCUT2D eigenvalue weighted by Crippen LogP contribution is -2.22. The van der Waals surface area contributed by atoms with E-state index in [0.29, 0.717) is 16.5 Å². The fourth-order valence-electron chi connectivity index (χ4n) is 2.13. The molecule has 1 aromatic rings. The normalized spacial score (nSPS) is 22.7. The lowest BCUT2D eigenvalue weighted by Gasteiger charge is -2.19. The fraction of sp³-hybridized carbons (Fsp3) is 0.417. The van der Waals surface area contributed by atoms with Crippen LogP contribution in [0.1, 0.15) is 18.4 Å². The van der Waals surface area contributed by atoms with Crippen LogP contribution in [-0.2, 0) is 6.42 Å². The molecule has 1 saturated heterocycles. The van der Waals surface area contributed by atoms with Crippen molar-refractivity contribution in [1.29, 1.82) is 5.26 Å². The van der Waals surface area contributed by atoms with Crippen LogP contribution in [0.4, 0.5) is 5.69 Å². The number of nitro benzene ring substituents is 1. The number of rotatable bonds is 3. The molecular formula is C12H11BrN2O2S. The quantitative estimate of drug-likeness (QED) is 0.627. The molecule has 2 rings (SSSR count). The lowest BCUT2D eigenvalue weighted by molar-refractivity contribution is -0.385. The number of nitriles is 1. The smallest absolute Gasteiger partial charge is 0.258 e. The van der Waals surface area contributed by atoms with Crippen molar-refractivity contribution in [3.05, 3.63) is 38.3 Å². The Morgan fingerprint density at radius 1 is 1.61 bits per heavy atom. The Balaban J connectivity index is 2.34. The van der Waals surface area contributed by atoms with Crippen LogP contribution in [0.3, 0.4) is 0 Å². The molecule has 0 amide bonds. The second kappa shape index (κ2) is 5.29. The van der Waals surface area contributed by atoms with Gasteiger partial charge in [-0.25, -0.2) is 0 Å². The van der Waals surface area contributed by atoms with Crippen molar-refractivity contribution in [1.82, 2.24) is 0 Å². The van der Waals surface area contributed by atoms with Crippen LogP contribution < -0.4 is 0 Å². The Labute approximate surface area is 118 Å². The first kappa shape index (κ1) is 13.4. The minimum atomic E-state index is -0.488. The number of nitro groups is 1. The first-order valence-electron chi connectivity index (χ1n) is 5.54. The second-order valence-electron chi connectivity index (χ2n) is 4.27. The molecule has 0 bridgehead atoms. The van der Waals surface area contributed by atoms with Crippen molar-refractivity contribution in [3.8, 4) is 6.07 Å². The second-order valence-corrected chi connectivity index (χ2v) is 6.66. The van der Waals surface area contributed by atoms with Crippen LogP contribution >= 0.6 is 27.7 Å². The third-order valence-electron chi connectivity index (χ3n) is 3.03. The molecular weight excluding hydrogens is 316 g/mol. The maximum absolute atomic E-state index is 11.0. The molecule has 1 aliphatic heterocycles. The van der Waals surface area contributed by atoms with Gasteiger partial charge in [-0.1, -0.05) is 22.0 Å². The topological polar surface area (TPSA) is 66.9 Å². The summed E-state index contributed by atoms with van der Waals surface area (Å²) in [6, 6.07) is 7.36. The summed E-state index contributed by atoms with van der Waals surface area (Å²) >= 11 is 4.85. The van der Waals surface area contributed by atoms with E-state index in [1.165, 1.54) is 6.07 Å². The molecule has 0 aromatic heterocycles. The highest BCUT2D eigenvalue weighted by atomic mass is 79.9. The van der Waals surface area contributed by atoms with Gasteiger partial charge < -0.3 is 0 Å². The third kappa shape index (κ3) is 2.68. The number of benzene rings is 1. The minimum absolute atomic E-state index is 0.0894. The van der Waals surface area contributed by atoms with Crippen LogP contribution in [0.25, 0.3) is 0 Å². The van der Waals surface area contributed by atoms with E-state index < -0.39 is 4.75 Å². The van der Waals surface area contributed by atoms with Crippen LogP contribution in [-0.4, -0.2) is 15.4 Å². The Hall–Kier alpha value is -1.06. The summed E-state index contributed by atoms with van der Waals surface area (Å²) in [6.07, 6.45) is 2.25. The molecule has 1 heterocycles. The molecule has 0 saturated carbocycles. The highest BCUT2D eigenvalue weighted by Gasteiger charge is 2.36. The van der Waals surface area contributed by atoms with Crippen molar-refractivity contribution in [2.75, 3.05) is 5.75 Å². The monoisotopic (exact) mass is 326 g/mol. The molecule has 0 aliphatic carbocycles. The molecule has 1 aromatic carbocycles. The first-order chi connectivity index (χ1) is 8.56. The van der Waals surface area contributed by atoms with Gasteiger partial charge in [0.1, 0.15) is 4.75 Å². The molecule has 6 heteroatoms. The van der Waals surface area contributed by atoms with Crippen molar-refractivity contribution < 1.29 is 4.92 Å². The minimum Gasteiger partial charge on any atom is -0.258 e. The standard InChI is InChI=1S/C12H11BrN2O2S/c13-10-3-2-9(11(6-10)15(16)17)7-12(8-14)4-1-5-18-12/h2-3,6H,1,4-5,7H2. The van der Waals surface area contributed by atoms with Gasteiger partial charge in [0.15, 0.2) is 0 Å². The van der Waals surface area contributed by atoms with Crippen LogP contribution in [0.5, 0.6) is 0 Å². The van der Waals surface area contributed by atoms with Gasteiger partial charge in [0.25, 0.3) is 5.69 Å². The van der Waals surface area contributed by atoms with E-state index in [0.717, 1.165) is 18.6 Å². The van der Waals surface area contributed by atoms with Crippen LogP contribution in [0.15, 0.2) is 22.7 Å². The zero-order valence-electron chi connectivity index (χ0n) is 9.56. The van der Waals surface area contributed by atoms with Gasteiger partial charge >= 0.3 is 0 Å². The number of hydrogen-bond acceptors (Lipinski definition) is 4. The number of halogens is 1. The maximum Gasteiger partial charge on any atom is 0.273 e. The van der Waals surface area contributed by atoms with Crippen LogP contribution in [0.2, 0.25) is 0 Å². The van der Waals surface area contributed by atoms with E-state index in [9.17, 15) is 15.4 Å². The predicted octanol–water partition coefficient (Wildman–Crippen LogP) is 3.69. The zero-order chi connectivity index (χ0) is 13.2. The predicted molar refractivity (Wildman–Crippen MR) is 74.5 cm³/mol. The van der Waals surface area contributed by atoms with E-state index in [1.807, 2.05) is 0 Å². The van der Waals surface area contributed by atoms with E-state index in [1.54, 1.807) is 23.9 Å².